The van der Waals surface area contributed by atoms with Gasteiger partial charge in [0.25, 0.3) is 5.91 Å². The van der Waals surface area contributed by atoms with Crippen molar-refractivity contribution in [1.29, 1.82) is 0 Å². The molecule has 122 valence electrons. The number of fused-ring (bicyclic) bond motifs is 1. The number of thiazole rings is 1. The highest BCUT2D eigenvalue weighted by Crippen LogP contribution is 2.20. The molecular weight excluding hydrogens is 316 g/mol. The number of carbonyl (C=O) groups is 1. The predicted octanol–water partition coefficient (Wildman–Crippen LogP) is 4.50. The topological polar surface area (TPSA) is 34.4 Å². The highest BCUT2D eigenvalue weighted by Gasteiger charge is 2.09. The number of allylic oxidation sites excluding steroid dienone is 1. The van der Waals surface area contributed by atoms with Gasteiger partial charge in [-0.05, 0) is 43.2 Å². The molecule has 1 aromatic heterocycles. The van der Waals surface area contributed by atoms with Crippen LogP contribution in [-0.4, -0.2) is 10.5 Å². The van der Waals surface area contributed by atoms with E-state index in [0.717, 1.165) is 22.2 Å². The standard InChI is InChI=1S/C20H20N2OS/c1-4-12-22-17-11-8-15(5-2)13-18(17)24-20(22)21-19(23)16-9-6-14(3)7-10-16/h4,6-11,13H,1,5,12H2,2-3H3. The fourth-order valence-corrected chi connectivity index (χ4v) is 3.68. The average Bonchev–Trinajstić information content (AvgIpc) is 2.92. The molecule has 3 aromatic rings. The van der Waals surface area contributed by atoms with Crippen LogP contribution < -0.4 is 4.80 Å². The van der Waals surface area contributed by atoms with Gasteiger partial charge in [0.1, 0.15) is 0 Å². The van der Waals surface area contributed by atoms with E-state index in [9.17, 15) is 4.79 Å². The maximum absolute atomic E-state index is 12.5. The second kappa shape index (κ2) is 6.97. The third-order valence-corrected chi connectivity index (χ3v) is 5.00. The van der Waals surface area contributed by atoms with Crippen LogP contribution in [0.25, 0.3) is 10.2 Å². The van der Waals surface area contributed by atoms with E-state index < -0.39 is 0 Å². The molecule has 4 heteroatoms. The summed E-state index contributed by atoms with van der Waals surface area (Å²) in [7, 11) is 0. The smallest absolute Gasteiger partial charge is 0.279 e. The van der Waals surface area contributed by atoms with Gasteiger partial charge >= 0.3 is 0 Å². The number of carbonyl (C=O) groups excluding carboxylic acids is 1. The molecule has 1 heterocycles. The quantitative estimate of drug-likeness (QED) is 0.646. The Hall–Kier alpha value is -2.46. The lowest BCUT2D eigenvalue weighted by Crippen LogP contribution is -2.16. The Morgan fingerprint density at radius 2 is 2.00 bits per heavy atom. The van der Waals surface area contributed by atoms with Crippen LogP contribution in [0.4, 0.5) is 0 Å². The summed E-state index contributed by atoms with van der Waals surface area (Å²) in [4.78, 5) is 17.6. The summed E-state index contributed by atoms with van der Waals surface area (Å²) in [6.07, 6.45) is 2.82. The SMILES string of the molecule is C=CCn1c(=NC(=O)c2ccc(C)cc2)sc2cc(CC)ccc21. The average molecular weight is 336 g/mol. The molecule has 0 N–H and O–H groups in total. The molecule has 0 radical (unpaired) electrons. The maximum Gasteiger partial charge on any atom is 0.279 e. The van der Waals surface area contributed by atoms with E-state index in [1.807, 2.05) is 41.8 Å². The summed E-state index contributed by atoms with van der Waals surface area (Å²) in [6, 6.07) is 13.9. The molecule has 0 aliphatic heterocycles. The summed E-state index contributed by atoms with van der Waals surface area (Å²) in [5, 5.41) is 0. The molecule has 3 nitrogen and oxygen atoms in total. The minimum absolute atomic E-state index is 0.213. The van der Waals surface area contributed by atoms with Crippen LogP contribution >= 0.6 is 11.3 Å². The minimum Gasteiger partial charge on any atom is -0.312 e. The molecule has 0 fully saturated rings. The Kier molecular flexibility index (Phi) is 4.76. The number of aryl methyl sites for hydroxylation is 2. The fraction of sp³-hybridized carbons (Fsp3) is 0.200. The first-order chi connectivity index (χ1) is 11.6. The molecule has 1 amide bonds. The third kappa shape index (κ3) is 3.24. The van der Waals surface area contributed by atoms with E-state index in [1.165, 1.54) is 5.56 Å². The number of rotatable bonds is 4. The Bertz CT molecular complexity index is 961. The normalized spacial score (nSPS) is 11.8. The number of nitrogens with zero attached hydrogens (tertiary/aromatic N) is 2. The molecule has 2 aromatic carbocycles. The highest BCUT2D eigenvalue weighted by atomic mass is 32.1. The van der Waals surface area contributed by atoms with Crippen LogP contribution in [0.15, 0.2) is 60.1 Å². The van der Waals surface area contributed by atoms with Crippen molar-refractivity contribution >= 4 is 27.5 Å². The third-order valence-electron chi connectivity index (χ3n) is 3.96. The summed E-state index contributed by atoms with van der Waals surface area (Å²) in [5.41, 5.74) is 4.11. The van der Waals surface area contributed by atoms with Crippen molar-refractivity contribution in [2.24, 2.45) is 4.99 Å². The van der Waals surface area contributed by atoms with Crippen LogP contribution in [0.1, 0.15) is 28.4 Å². The first kappa shape index (κ1) is 16.4. The van der Waals surface area contributed by atoms with E-state index in [0.29, 0.717) is 16.9 Å². The summed E-state index contributed by atoms with van der Waals surface area (Å²) < 4.78 is 3.19. The summed E-state index contributed by atoms with van der Waals surface area (Å²) in [6.45, 7) is 8.59. The fourth-order valence-electron chi connectivity index (χ4n) is 2.58. The van der Waals surface area contributed by atoms with E-state index in [-0.39, 0.29) is 5.91 Å². The van der Waals surface area contributed by atoms with Crippen LogP contribution in [0.5, 0.6) is 0 Å². The molecule has 0 atom stereocenters. The van der Waals surface area contributed by atoms with Crippen molar-refractivity contribution in [1.82, 2.24) is 4.57 Å². The van der Waals surface area contributed by atoms with Crippen molar-refractivity contribution in [2.75, 3.05) is 0 Å². The Balaban J connectivity index is 2.12. The number of amides is 1. The Morgan fingerprint density at radius 1 is 1.25 bits per heavy atom. The molecule has 0 unspecified atom stereocenters. The zero-order valence-electron chi connectivity index (χ0n) is 14.0. The van der Waals surface area contributed by atoms with Gasteiger partial charge in [-0.1, -0.05) is 48.1 Å². The lowest BCUT2D eigenvalue weighted by atomic mass is 10.1. The number of hydrogen-bond donors (Lipinski definition) is 0. The van der Waals surface area contributed by atoms with Gasteiger partial charge < -0.3 is 4.57 Å². The van der Waals surface area contributed by atoms with E-state index in [4.69, 9.17) is 0 Å². The first-order valence-corrected chi connectivity index (χ1v) is 8.83. The lowest BCUT2D eigenvalue weighted by molar-refractivity contribution is 0.0998. The van der Waals surface area contributed by atoms with Crippen LogP contribution in [0.3, 0.4) is 0 Å². The van der Waals surface area contributed by atoms with Crippen molar-refractivity contribution in [2.45, 2.75) is 26.8 Å². The molecule has 0 aliphatic rings. The van der Waals surface area contributed by atoms with Gasteiger partial charge in [-0.2, -0.15) is 4.99 Å². The van der Waals surface area contributed by atoms with Gasteiger partial charge in [-0.15, -0.1) is 6.58 Å². The monoisotopic (exact) mass is 336 g/mol. The zero-order chi connectivity index (χ0) is 17.1. The summed E-state index contributed by atoms with van der Waals surface area (Å²) in [5.74, 6) is -0.213. The van der Waals surface area contributed by atoms with Crippen LogP contribution in [0.2, 0.25) is 0 Å². The molecule has 0 bridgehead atoms. The highest BCUT2D eigenvalue weighted by molar-refractivity contribution is 7.16. The second-order valence-corrected chi connectivity index (χ2v) is 6.73. The van der Waals surface area contributed by atoms with E-state index >= 15 is 0 Å². The van der Waals surface area contributed by atoms with E-state index in [1.54, 1.807) is 11.3 Å². The van der Waals surface area contributed by atoms with Crippen LogP contribution in [0, 0.1) is 6.92 Å². The molecule has 24 heavy (non-hydrogen) atoms. The van der Waals surface area contributed by atoms with Gasteiger partial charge in [0, 0.05) is 12.1 Å². The van der Waals surface area contributed by atoms with Gasteiger partial charge in [-0.3, -0.25) is 4.79 Å². The number of hydrogen-bond acceptors (Lipinski definition) is 2. The lowest BCUT2D eigenvalue weighted by Gasteiger charge is -2.02. The molecule has 3 rings (SSSR count). The van der Waals surface area contributed by atoms with Crippen LogP contribution in [-0.2, 0) is 13.0 Å². The van der Waals surface area contributed by atoms with Crippen molar-refractivity contribution in [3.8, 4) is 0 Å². The maximum atomic E-state index is 12.5. The number of aromatic nitrogens is 1. The summed E-state index contributed by atoms with van der Waals surface area (Å²) >= 11 is 1.55. The minimum atomic E-state index is -0.213. The largest absolute Gasteiger partial charge is 0.312 e. The van der Waals surface area contributed by atoms with Crippen molar-refractivity contribution in [3.05, 3.63) is 76.6 Å². The first-order valence-electron chi connectivity index (χ1n) is 8.01. The zero-order valence-corrected chi connectivity index (χ0v) is 14.8. The molecular formula is C20H20N2OS. The molecule has 0 saturated heterocycles. The number of benzene rings is 2. The molecule has 0 saturated carbocycles. The van der Waals surface area contributed by atoms with Gasteiger partial charge in [0.2, 0.25) is 0 Å². The molecule has 0 spiro atoms. The van der Waals surface area contributed by atoms with Gasteiger partial charge in [-0.25, -0.2) is 0 Å². The predicted molar refractivity (Wildman–Crippen MR) is 100 cm³/mol. The van der Waals surface area contributed by atoms with Gasteiger partial charge in [0.15, 0.2) is 4.80 Å². The molecule has 0 aliphatic carbocycles. The van der Waals surface area contributed by atoms with Gasteiger partial charge in [0.05, 0.1) is 10.2 Å². The van der Waals surface area contributed by atoms with E-state index in [2.05, 4.69) is 36.7 Å². The second-order valence-electron chi connectivity index (χ2n) is 5.72. The Labute approximate surface area is 145 Å². The Morgan fingerprint density at radius 3 is 2.67 bits per heavy atom. The van der Waals surface area contributed by atoms with Crippen molar-refractivity contribution < 1.29 is 4.79 Å². The van der Waals surface area contributed by atoms with Crippen molar-refractivity contribution in [3.63, 3.8) is 0 Å².